The Kier molecular flexibility index (Phi) is 2.28. The van der Waals surface area contributed by atoms with Crippen molar-refractivity contribution in [3.8, 4) is 0 Å². The first kappa shape index (κ1) is 8.90. The molecule has 1 heterocycles. The van der Waals surface area contributed by atoms with Crippen LogP contribution >= 0.6 is 0 Å². The maximum atomic E-state index is 11.5. The second-order valence-electron chi connectivity index (χ2n) is 3.09. The average Bonchev–Trinajstić information content (AvgIpc) is 2.61. The fourth-order valence-electron chi connectivity index (χ4n) is 1.37. The highest BCUT2D eigenvalue weighted by molar-refractivity contribution is 6.13. The molecule has 1 aromatic carbocycles. The minimum Gasteiger partial charge on any atom is -0.325 e. The van der Waals surface area contributed by atoms with Crippen LogP contribution in [0.2, 0.25) is 0 Å². The fourth-order valence-corrected chi connectivity index (χ4v) is 1.37. The van der Waals surface area contributed by atoms with E-state index in [4.69, 9.17) is 5.73 Å². The molecule has 72 valence electrons. The first-order valence-corrected chi connectivity index (χ1v) is 4.45. The SMILES string of the molecule is NCC1=NN(c2ccccc2)C(=O)C1. The number of nitrogens with two attached hydrogens (primary N) is 1. The molecular formula is C10H11N3O. The summed E-state index contributed by atoms with van der Waals surface area (Å²) in [4.78, 5) is 11.5. The maximum absolute atomic E-state index is 11.5. The average molecular weight is 189 g/mol. The van der Waals surface area contributed by atoms with Crippen LogP contribution in [-0.4, -0.2) is 18.2 Å². The van der Waals surface area contributed by atoms with Gasteiger partial charge in [0.1, 0.15) is 0 Å². The third-order valence-corrected chi connectivity index (χ3v) is 2.07. The van der Waals surface area contributed by atoms with Gasteiger partial charge in [-0.3, -0.25) is 4.79 Å². The predicted octanol–water partition coefficient (Wildman–Crippen LogP) is 0.738. The van der Waals surface area contributed by atoms with E-state index < -0.39 is 0 Å². The topological polar surface area (TPSA) is 58.7 Å². The quantitative estimate of drug-likeness (QED) is 0.745. The second kappa shape index (κ2) is 3.59. The summed E-state index contributed by atoms with van der Waals surface area (Å²) in [5, 5.41) is 5.54. The van der Waals surface area contributed by atoms with Crippen molar-refractivity contribution in [1.82, 2.24) is 0 Å². The van der Waals surface area contributed by atoms with E-state index in [2.05, 4.69) is 5.10 Å². The number of rotatable bonds is 2. The van der Waals surface area contributed by atoms with Crippen molar-refractivity contribution in [3.05, 3.63) is 30.3 Å². The highest BCUT2D eigenvalue weighted by Gasteiger charge is 2.23. The van der Waals surface area contributed by atoms with Gasteiger partial charge in [0, 0.05) is 6.54 Å². The molecule has 0 atom stereocenters. The molecule has 2 rings (SSSR count). The van der Waals surface area contributed by atoms with E-state index in [9.17, 15) is 4.79 Å². The molecule has 0 saturated heterocycles. The monoisotopic (exact) mass is 189 g/mol. The van der Waals surface area contributed by atoms with Gasteiger partial charge < -0.3 is 5.73 Å². The summed E-state index contributed by atoms with van der Waals surface area (Å²) in [6.45, 7) is 0.342. The van der Waals surface area contributed by atoms with E-state index in [1.807, 2.05) is 30.3 Å². The number of para-hydroxylation sites is 1. The number of carbonyl (C=O) groups is 1. The molecule has 0 aliphatic carbocycles. The fraction of sp³-hybridized carbons (Fsp3) is 0.200. The van der Waals surface area contributed by atoms with Gasteiger partial charge in [-0.15, -0.1) is 0 Å². The summed E-state index contributed by atoms with van der Waals surface area (Å²) < 4.78 is 0. The number of benzene rings is 1. The van der Waals surface area contributed by atoms with Crippen molar-refractivity contribution < 1.29 is 4.79 Å². The van der Waals surface area contributed by atoms with Crippen molar-refractivity contribution in [2.24, 2.45) is 10.8 Å². The van der Waals surface area contributed by atoms with Gasteiger partial charge in [-0.1, -0.05) is 18.2 Å². The van der Waals surface area contributed by atoms with Gasteiger partial charge in [-0.2, -0.15) is 5.10 Å². The zero-order valence-corrected chi connectivity index (χ0v) is 7.68. The van der Waals surface area contributed by atoms with E-state index in [1.165, 1.54) is 5.01 Å². The molecule has 0 saturated carbocycles. The Balaban J connectivity index is 2.28. The van der Waals surface area contributed by atoms with Crippen molar-refractivity contribution in [1.29, 1.82) is 0 Å². The van der Waals surface area contributed by atoms with Crippen molar-refractivity contribution >= 4 is 17.3 Å². The lowest BCUT2D eigenvalue weighted by atomic mass is 10.2. The number of hydrogen-bond acceptors (Lipinski definition) is 3. The van der Waals surface area contributed by atoms with E-state index in [-0.39, 0.29) is 5.91 Å². The van der Waals surface area contributed by atoms with Gasteiger partial charge in [-0.05, 0) is 12.1 Å². The summed E-state index contributed by atoms with van der Waals surface area (Å²) in [5.74, 6) is -0.0170. The molecule has 0 aromatic heterocycles. The highest BCUT2D eigenvalue weighted by atomic mass is 16.2. The minimum atomic E-state index is -0.0170. The Bertz CT molecular complexity index is 372. The maximum Gasteiger partial charge on any atom is 0.253 e. The molecule has 0 unspecified atom stereocenters. The van der Waals surface area contributed by atoms with E-state index in [0.717, 1.165) is 11.4 Å². The van der Waals surface area contributed by atoms with Gasteiger partial charge >= 0.3 is 0 Å². The van der Waals surface area contributed by atoms with Crippen LogP contribution in [0.15, 0.2) is 35.4 Å². The van der Waals surface area contributed by atoms with Crippen LogP contribution in [-0.2, 0) is 4.79 Å². The van der Waals surface area contributed by atoms with E-state index in [1.54, 1.807) is 0 Å². The van der Waals surface area contributed by atoms with E-state index >= 15 is 0 Å². The Morgan fingerprint density at radius 3 is 2.64 bits per heavy atom. The van der Waals surface area contributed by atoms with Crippen LogP contribution in [0.5, 0.6) is 0 Å². The lowest BCUT2D eigenvalue weighted by molar-refractivity contribution is -0.116. The number of anilines is 1. The zero-order valence-electron chi connectivity index (χ0n) is 7.68. The van der Waals surface area contributed by atoms with Crippen molar-refractivity contribution in [2.75, 3.05) is 11.6 Å². The number of hydrazone groups is 1. The largest absolute Gasteiger partial charge is 0.325 e. The lowest BCUT2D eigenvalue weighted by Crippen LogP contribution is -2.19. The molecule has 4 heteroatoms. The van der Waals surface area contributed by atoms with Crippen molar-refractivity contribution in [2.45, 2.75) is 6.42 Å². The second-order valence-corrected chi connectivity index (χ2v) is 3.09. The molecule has 1 aliphatic rings. The molecule has 4 nitrogen and oxygen atoms in total. The molecule has 2 N–H and O–H groups in total. The molecule has 0 radical (unpaired) electrons. The molecule has 0 spiro atoms. The molecule has 0 bridgehead atoms. The Labute approximate surface area is 82.0 Å². The van der Waals surface area contributed by atoms with Gasteiger partial charge in [0.2, 0.25) is 0 Å². The first-order chi connectivity index (χ1) is 6.81. The molecule has 14 heavy (non-hydrogen) atoms. The summed E-state index contributed by atoms with van der Waals surface area (Å²) in [7, 11) is 0. The van der Waals surface area contributed by atoms with Crippen LogP contribution in [0.25, 0.3) is 0 Å². The van der Waals surface area contributed by atoms with Gasteiger partial charge in [0.25, 0.3) is 5.91 Å². The summed E-state index contributed by atoms with van der Waals surface area (Å²) in [6.07, 6.45) is 0.339. The van der Waals surface area contributed by atoms with Crippen LogP contribution in [0.4, 0.5) is 5.69 Å². The van der Waals surface area contributed by atoms with E-state index in [0.29, 0.717) is 13.0 Å². The molecule has 1 aromatic rings. The zero-order chi connectivity index (χ0) is 9.97. The smallest absolute Gasteiger partial charge is 0.253 e. The van der Waals surface area contributed by atoms with Crippen LogP contribution in [0.3, 0.4) is 0 Å². The first-order valence-electron chi connectivity index (χ1n) is 4.45. The normalized spacial score (nSPS) is 15.9. The molecule has 0 fully saturated rings. The lowest BCUT2D eigenvalue weighted by Gasteiger charge is -2.10. The van der Waals surface area contributed by atoms with Crippen LogP contribution in [0, 0.1) is 0 Å². The molecule has 1 amide bonds. The minimum absolute atomic E-state index is 0.0170. The Morgan fingerprint density at radius 1 is 1.36 bits per heavy atom. The number of hydrogen-bond donors (Lipinski definition) is 1. The van der Waals surface area contributed by atoms with Crippen molar-refractivity contribution in [3.63, 3.8) is 0 Å². The Morgan fingerprint density at radius 2 is 2.07 bits per heavy atom. The number of carbonyl (C=O) groups excluding carboxylic acids is 1. The Hall–Kier alpha value is -1.68. The third-order valence-electron chi connectivity index (χ3n) is 2.07. The summed E-state index contributed by atoms with van der Waals surface area (Å²) in [5.41, 5.74) is 6.95. The van der Waals surface area contributed by atoms with Gasteiger partial charge in [0.15, 0.2) is 0 Å². The summed E-state index contributed by atoms with van der Waals surface area (Å²) >= 11 is 0. The van der Waals surface area contributed by atoms with Crippen LogP contribution in [0.1, 0.15) is 6.42 Å². The third kappa shape index (κ3) is 1.52. The predicted molar refractivity (Wildman–Crippen MR) is 55.0 cm³/mol. The standard InChI is InChI=1S/C10H11N3O/c11-7-8-6-10(14)13(12-8)9-4-2-1-3-5-9/h1-5H,6-7,11H2. The number of nitrogens with zero attached hydrogens (tertiary/aromatic N) is 2. The molecule has 1 aliphatic heterocycles. The van der Waals surface area contributed by atoms with Gasteiger partial charge in [-0.25, -0.2) is 5.01 Å². The summed E-state index contributed by atoms with van der Waals surface area (Å²) in [6, 6.07) is 9.34. The highest BCUT2D eigenvalue weighted by Crippen LogP contribution is 2.19. The molecular weight excluding hydrogens is 178 g/mol. The number of amides is 1. The van der Waals surface area contributed by atoms with Gasteiger partial charge in [0.05, 0.1) is 17.8 Å². The van der Waals surface area contributed by atoms with Crippen LogP contribution < -0.4 is 10.7 Å².